The van der Waals surface area contributed by atoms with E-state index in [2.05, 4.69) is 5.32 Å². The molecule has 2 aromatic rings. The molecule has 0 aliphatic heterocycles. The highest BCUT2D eigenvalue weighted by Gasteiger charge is 2.18. The Morgan fingerprint density at radius 2 is 1.87 bits per heavy atom. The van der Waals surface area contributed by atoms with Gasteiger partial charge in [-0.05, 0) is 43.7 Å². The maximum absolute atomic E-state index is 12.5. The highest BCUT2D eigenvalue weighted by molar-refractivity contribution is 6.30. The van der Waals surface area contributed by atoms with E-state index in [0.29, 0.717) is 23.1 Å². The van der Waals surface area contributed by atoms with E-state index in [1.807, 2.05) is 62.4 Å². The van der Waals surface area contributed by atoms with Gasteiger partial charge >= 0.3 is 6.03 Å². The summed E-state index contributed by atoms with van der Waals surface area (Å²) in [6.07, 6.45) is 0. The molecule has 0 fully saturated rings. The summed E-state index contributed by atoms with van der Waals surface area (Å²) in [5, 5.41) is 3.57. The van der Waals surface area contributed by atoms with Crippen molar-refractivity contribution in [1.29, 1.82) is 0 Å². The number of rotatable bonds is 5. The molecule has 2 aromatic carbocycles. The monoisotopic (exact) mass is 332 g/mol. The molecule has 0 radical (unpaired) electrons. The molecule has 4 nitrogen and oxygen atoms in total. The molecule has 0 saturated carbocycles. The van der Waals surface area contributed by atoms with Gasteiger partial charge in [0.05, 0.1) is 18.3 Å². The normalized spacial score (nSPS) is 11.7. The van der Waals surface area contributed by atoms with Crippen molar-refractivity contribution in [2.75, 3.05) is 19.0 Å². The number of nitrogens with zero attached hydrogens (tertiary/aromatic N) is 1. The number of halogens is 1. The van der Waals surface area contributed by atoms with Crippen LogP contribution in [0.25, 0.3) is 0 Å². The first-order valence-electron chi connectivity index (χ1n) is 7.54. The van der Waals surface area contributed by atoms with Gasteiger partial charge in [-0.25, -0.2) is 4.79 Å². The van der Waals surface area contributed by atoms with Crippen molar-refractivity contribution >= 4 is 23.3 Å². The van der Waals surface area contributed by atoms with Crippen molar-refractivity contribution in [2.45, 2.75) is 19.9 Å². The molecule has 0 bridgehead atoms. The standard InChI is InChI=1S/C18H21ClN2O2/c1-4-23-17-8-6-5-7-16(17)20-18(22)21(3)13(2)14-9-11-15(19)12-10-14/h5-13H,4H2,1-3H3,(H,20,22). The zero-order chi connectivity index (χ0) is 16.8. The Bertz CT molecular complexity index is 658. The first-order chi connectivity index (χ1) is 11.0. The second kappa shape index (κ2) is 7.88. The maximum atomic E-state index is 12.5. The van der Waals surface area contributed by atoms with Crippen molar-refractivity contribution < 1.29 is 9.53 Å². The highest BCUT2D eigenvalue weighted by Crippen LogP contribution is 2.26. The van der Waals surface area contributed by atoms with Gasteiger partial charge in [0.1, 0.15) is 5.75 Å². The molecule has 1 unspecified atom stereocenters. The number of carbonyl (C=O) groups is 1. The van der Waals surface area contributed by atoms with Crippen LogP contribution in [0.15, 0.2) is 48.5 Å². The minimum atomic E-state index is -0.195. The molecule has 2 rings (SSSR count). The zero-order valence-electron chi connectivity index (χ0n) is 13.5. The summed E-state index contributed by atoms with van der Waals surface area (Å²) >= 11 is 5.91. The Balaban J connectivity index is 2.09. The molecule has 0 aliphatic carbocycles. The van der Waals surface area contributed by atoms with E-state index in [1.54, 1.807) is 11.9 Å². The van der Waals surface area contributed by atoms with Gasteiger partial charge in [0.2, 0.25) is 0 Å². The number of urea groups is 1. The van der Waals surface area contributed by atoms with Crippen molar-refractivity contribution in [2.24, 2.45) is 0 Å². The molecule has 122 valence electrons. The lowest BCUT2D eigenvalue weighted by molar-refractivity contribution is 0.208. The highest BCUT2D eigenvalue weighted by atomic mass is 35.5. The van der Waals surface area contributed by atoms with Crippen LogP contribution in [-0.4, -0.2) is 24.6 Å². The Morgan fingerprint density at radius 1 is 1.22 bits per heavy atom. The van der Waals surface area contributed by atoms with Crippen LogP contribution in [0.4, 0.5) is 10.5 Å². The van der Waals surface area contributed by atoms with Crippen molar-refractivity contribution in [3.05, 3.63) is 59.1 Å². The molecule has 0 heterocycles. The average molecular weight is 333 g/mol. The van der Waals surface area contributed by atoms with Gasteiger partial charge in [0.25, 0.3) is 0 Å². The smallest absolute Gasteiger partial charge is 0.322 e. The van der Waals surface area contributed by atoms with E-state index in [9.17, 15) is 4.79 Å². The quantitative estimate of drug-likeness (QED) is 0.840. The Kier molecular flexibility index (Phi) is 5.88. The van der Waals surface area contributed by atoms with Gasteiger partial charge in [-0.1, -0.05) is 35.9 Å². The summed E-state index contributed by atoms with van der Waals surface area (Å²) in [6.45, 7) is 4.43. The Labute approximate surface area is 142 Å². The van der Waals surface area contributed by atoms with Crippen molar-refractivity contribution in [1.82, 2.24) is 4.90 Å². The number of ether oxygens (including phenoxy) is 1. The topological polar surface area (TPSA) is 41.6 Å². The molecule has 5 heteroatoms. The van der Waals surface area contributed by atoms with Crippen LogP contribution in [0, 0.1) is 0 Å². The number of benzene rings is 2. The first kappa shape index (κ1) is 17.2. The van der Waals surface area contributed by atoms with Crippen LogP contribution in [-0.2, 0) is 0 Å². The van der Waals surface area contributed by atoms with Crippen LogP contribution in [0.5, 0.6) is 5.75 Å². The van der Waals surface area contributed by atoms with Crippen molar-refractivity contribution in [3.63, 3.8) is 0 Å². The first-order valence-corrected chi connectivity index (χ1v) is 7.91. The van der Waals surface area contributed by atoms with E-state index in [0.717, 1.165) is 5.56 Å². The zero-order valence-corrected chi connectivity index (χ0v) is 14.3. The average Bonchev–Trinajstić information content (AvgIpc) is 2.56. The lowest BCUT2D eigenvalue weighted by Crippen LogP contribution is -2.33. The van der Waals surface area contributed by atoms with Gasteiger partial charge in [-0.2, -0.15) is 0 Å². The third-order valence-electron chi connectivity index (χ3n) is 3.68. The van der Waals surface area contributed by atoms with Crippen LogP contribution >= 0.6 is 11.6 Å². The minimum absolute atomic E-state index is 0.0773. The van der Waals surface area contributed by atoms with Crippen LogP contribution < -0.4 is 10.1 Å². The predicted octanol–water partition coefficient (Wildman–Crippen LogP) is 4.96. The number of anilines is 1. The summed E-state index contributed by atoms with van der Waals surface area (Å²) < 4.78 is 5.53. The van der Waals surface area contributed by atoms with Crippen LogP contribution in [0.3, 0.4) is 0 Å². The number of nitrogens with one attached hydrogen (secondary N) is 1. The van der Waals surface area contributed by atoms with Gasteiger partial charge in [-0.3, -0.25) is 0 Å². The minimum Gasteiger partial charge on any atom is -0.492 e. The van der Waals surface area contributed by atoms with E-state index < -0.39 is 0 Å². The Hall–Kier alpha value is -2.20. The molecule has 2 amide bonds. The molecule has 0 aromatic heterocycles. The van der Waals surface area contributed by atoms with Gasteiger partial charge in [0, 0.05) is 12.1 Å². The summed E-state index contributed by atoms with van der Waals surface area (Å²) in [4.78, 5) is 14.1. The number of carbonyl (C=O) groups excluding carboxylic acids is 1. The number of amides is 2. The summed E-state index contributed by atoms with van der Waals surface area (Å²) in [7, 11) is 1.76. The second-order valence-corrected chi connectivity index (χ2v) is 5.63. The Morgan fingerprint density at radius 3 is 2.52 bits per heavy atom. The second-order valence-electron chi connectivity index (χ2n) is 5.20. The third kappa shape index (κ3) is 4.39. The number of hydrogen-bond donors (Lipinski definition) is 1. The van der Waals surface area contributed by atoms with E-state index in [1.165, 1.54) is 0 Å². The molecule has 0 aliphatic rings. The lowest BCUT2D eigenvalue weighted by Gasteiger charge is -2.26. The molecule has 1 N–H and O–H groups in total. The van der Waals surface area contributed by atoms with Crippen LogP contribution in [0.1, 0.15) is 25.5 Å². The maximum Gasteiger partial charge on any atom is 0.322 e. The summed E-state index contributed by atoms with van der Waals surface area (Å²) in [5.74, 6) is 0.663. The molecule has 1 atom stereocenters. The third-order valence-corrected chi connectivity index (χ3v) is 3.93. The van der Waals surface area contributed by atoms with E-state index >= 15 is 0 Å². The SMILES string of the molecule is CCOc1ccccc1NC(=O)N(C)C(C)c1ccc(Cl)cc1. The number of hydrogen-bond acceptors (Lipinski definition) is 2. The van der Waals surface area contributed by atoms with Gasteiger partial charge in [0.15, 0.2) is 0 Å². The fourth-order valence-corrected chi connectivity index (χ4v) is 2.32. The van der Waals surface area contributed by atoms with Gasteiger partial charge < -0.3 is 15.0 Å². The number of para-hydroxylation sites is 2. The van der Waals surface area contributed by atoms with E-state index in [-0.39, 0.29) is 12.1 Å². The van der Waals surface area contributed by atoms with Crippen molar-refractivity contribution in [3.8, 4) is 5.75 Å². The fourth-order valence-electron chi connectivity index (χ4n) is 2.20. The van der Waals surface area contributed by atoms with Crippen LogP contribution in [0.2, 0.25) is 5.02 Å². The fraction of sp³-hybridized carbons (Fsp3) is 0.278. The van der Waals surface area contributed by atoms with E-state index in [4.69, 9.17) is 16.3 Å². The summed E-state index contributed by atoms with van der Waals surface area (Å²) in [6, 6.07) is 14.6. The molecule has 23 heavy (non-hydrogen) atoms. The lowest BCUT2D eigenvalue weighted by atomic mass is 10.1. The molecular weight excluding hydrogens is 312 g/mol. The van der Waals surface area contributed by atoms with Gasteiger partial charge in [-0.15, -0.1) is 0 Å². The predicted molar refractivity (Wildman–Crippen MR) is 94.3 cm³/mol. The molecule has 0 saturated heterocycles. The summed E-state index contributed by atoms with van der Waals surface area (Å²) in [5.41, 5.74) is 1.68. The molecular formula is C18H21ClN2O2. The largest absolute Gasteiger partial charge is 0.492 e. The molecule has 0 spiro atoms.